The maximum absolute atomic E-state index is 11.6. The summed E-state index contributed by atoms with van der Waals surface area (Å²) >= 11 is 0. The Morgan fingerprint density at radius 1 is 1.71 bits per heavy atom. The molecule has 6 nitrogen and oxygen atoms in total. The normalized spacial score (nSPS) is 16.8. The summed E-state index contributed by atoms with van der Waals surface area (Å²) in [5.74, 6) is 0.457. The van der Waals surface area contributed by atoms with Gasteiger partial charge in [0.05, 0.1) is 5.69 Å². The Morgan fingerprint density at radius 3 is 3.12 bits per heavy atom. The molecule has 1 atom stereocenters. The number of aliphatic hydroxyl groups excluding tert-OH is 1. The number of aromatic nitrogens is 3. The van der Waals surface area contributed by atoms with E-state index in [1.54, 1.807) is 4.68 Å². The standard InChI is InChI=1S/C11H18N4O2/c1-8(4-5-16)12-11(17)7-15-6-10(13-14-15)9-2-3-9/h6,8-9,16H,2-5,7H2,1H3,(H,12,17). The van der Waals surface area contributed by atoms with E-state index in [-0.39, 0.29) is 25.1 Å². The molecule has 0 spiro atoms. The molecule has 1 amide bonds. The first-order valence-electron chi connectivity index (χ1n) is 5.99. The third-order valence-electron chi connectivity index (χ3n) is 2.83. The maximum Gasteiger partial charge on any atom is 0.242 e. The highest BCUT2D eigenvalue weighted by atomic mass is 16.3. The fourth-order valence-corrected chi connectivity index (χ4v) is 1.69. The lowest BCUT2D eigenvalue weighted by Gasteiger charge is -2.11. The van der Waals surface area contributed by atoms with E-state index in [0.29, 0.717) is 12.3 Å². The van der Waals surface area contributed by atoms with Crippen LogP contribution in [0.2, 0.25) is 0 Å². The number of amides is 1. The minimum Gasteiger partial charge on any atom is -0.396 e. The lowest BCUT2D eigenvalue weighted by molar-refractivity contribution is -0.122. The van der Waals surface area contributed by atoms with Crippen molar-refractivity contribution in [1.82, 2.24) is 20.3 Å². The van der Waals surface area contributed by atoms with Gasteiger partial charge in [-0.25, -0.2) is 4.68 Å². The molecule has 1 heterocycles. The fraction of sp³-hybridized carbons (Fsp3) is 0.727. The summed E-state index contributed by atoms with van der Waals surface area (Å²) in [5.41, 5.74) is 0.987. The van der Waals surface area contributed by atoms with Crippen molar-refractivity contribution in [1.29, 1.82) is 0 Å². The highest BCUT2D eigenvalue weighted by molar-refractivity contribution is 5.75. The number of aliphatic hydroxyl groups is 1. The zero-order chi connectivity index (χ0) is 12.3. The van der Waals surface area contributed by atoms with Crippen LogP contribution in [-0.2, 0) is 11.3 Å². The van der Waals surface area contributed by atoms with Crippen LogP contribution in [-0.4, -0.2) is 38.7 Å². The molecule has 17 heavy (non-hydrogen) atoms. The first-order chi connectivity index (χ1) is 8.19. The van der Waals surface area contributed by atoms with Gasteiger partial charge < -0.3 is 10.4 Å². The van der Waals surface area contributed by atoms with Gasteiger partial charge in [-0.15, -0.1) is 5.10 Å². The van der Waals surface area contributed by atoms with Crippen LogP contribution >= 0.6 is 0 Å². The van der Waals surface area contributed by atoms with E-state index in [2.05, 4.69) is 15.6 Å². The van der Waals surface area contributed by atoms with Gasteiger partial charge in [0.1, 0.15) is 6.54 Å². The number of hydrogen-bond donors (Lipinski definition) is 2. The van der Waals surface area contributed by atoms with Crippen molar-refractivity contribution in [2.24, 2.45) is 0 Å². The van der Waals surface area contributed by atoms with Crippen LogP contribution in [0.4, 0.5) is 0 Å². The monoisotopic (exact) mass is 238 g/mol. The number of hydrogen-bond acceptors (Lipinski definition) is 4. The van der Waals surface area contributed by atoms with Crippen molar-refractivity contribution >= 4 is 5.91 Å². The Kier molecular flexibility index (Phi) is 3.73. The third kappa shape index (κ3) is 3.52. The Balaban J connectivity index is 1.80. The predicted molar refractivity (Wildman–Crippen MR) is 61.3 cm³/mol. The van der Waals surface area contributed by atoms with E-state index in [1.807, 2.05) is 13.1 Å². The number of rotatable bonds is 6. The Morgan fingerprint density at radius 2 is 2.47 bits per heavy atom. The SMILES string of the molecule is CC(CCO)NC(=O)Cn1cc(C2CC2)nn1. The summed E-state index contributed by atoms with van der Waals surface area (Å²) in [6.07, 6.45) is 4.77. The number of carbonyl (C=O) groups excluding carboxylic acids is 1. The molecule has 1 aliphatic rings. The zero-order valence-electron chi connectivity index (χ0n) is 9.96. The van der Waals surface area contributed by atoms with Gasteiger partial charge >= 0.3 is 0 Å². The van der Waals surface area contributed by atoms with Gasteiger partial charge in [0.15, 0.2) is 0 Å². The molecule has 1 aliphatic carbocycles. The Bertz CT molecular complexity index is 387. The molecule has 0 aliphatic heterocycles. The summed E-state index contributed by atoms with van der Waals surface area (Å²) in [6, 6.07) is -0.0149. The van der Waals surface area contributed by atoms with Gasteiger partial charge in [-0.2, -0.15) is 0 Å². The van der Waals surface area contributed by atoms with Crippen molar-refractivity contribution in [2.75, 3.05) is 6.61 Å². The molecule has 2 rings (SSSR count). The molecule has 1 aromatic rings. The second-order valence-electron chi connectivity index (χ2n) is 4.60. The van der Waals surface area contributed by atoms with Crippen molar-refractivity contribution in [3.63, 3.8) is 0 Å². The highest BCUT2D eigenvalue weighted by Gasteiger charge is 2.26. The molecule has 6 heteroatoms. The van der Waals surface area contributed by atoms with E-state index in [4.69, 9.17) is 5.11 Å². The predicted octanol–water partition coefficient (Wildman–Crippen LogP) is 0.0426. The van der Waals surface area contributed by atoms with E-state index >= 15 is 0 Å². The van der Waals surface area contributed by atoms with Gasteiger partial charge in [0.2, 0.25) is 5.91 Å². The van der Waals surface area contributed by atoms with E-state index in [9.17, 15) is 4.79 Å². The molecule has 0 bridgehead atoms. The largest absolute Gasteiger partial charge is 0.396 e. The first kappa shape index (κ1) is 12.0. The van der Waals surface area contributed by atoms with Crippen molar-refractivity contribution in [3.8, 4) is 0 Å². The maximum atomic E-state index is 11.6. The summed E-state index contributed by atoms with van der Waals surface area (Å²) in [7, 11) is 0. The molecular formula is C11H18N4O2. The van der Waals surface area contributed by atoms with Crippen LogP contribution in [0.15, 0.2) is 6.20 Å². The van der Waals surface area contributed by atoms with Crippen LogP contribution in [0, 0.1) is 0 Å². The fourth-order valence-electron chi connectivity index (χ4n) is 1.69. The van der Waals surface area contributed by atoms with Crippen molar-refractivity contribution in [2.45, 2.75) is 44.7 Å². The van der Waals surface area contributed by atoms with Gasteiger partial charge in [0.25, 0.3) is 0 Å². The third-order valence-corrected chi connectivity index (χ3v) is 2.83. The van der Waals surface area contributed by atoms with Crippen molar-refractivity contribution in [3.05, 3.63) is 11.9 Å². The molecule has 2 N–H and O–H groups in total. The van der Waals surface area contributed by atoms with E-state index in [0.717, 1.165) is 5.69 Å². The Hall–Kier alpha value is -1.43. The van der Waals surface area contributed by atoms with Gasteiger partial charge in [-0.1, -0.05) is 5.21 Å². The van der Waals surface area contributed by atoms with E-state index in [1.165, 1.54) is 12.8 Å². The zero-order valence-corrected chi connectivity index (χ0v) is 9.96. The molecule has 1 unspecified atom stereocenters. The molecule has 1 aromatic heterocycles. The van der Waals surface area contributed by atoms with Crippen LogP contribution < -0.4 is 5.32 Å². The summed E-state index contributed by atoms with van der Waals surface area (Å²) in [6.45, 7) is 2.14. The van der Waals surface area contributed by atoms with Crippen LogP contribution in [0.25, 0.3) is 0 Å². The lowest BCUT2D eigenvalue weighted by atomic mass is 10.2. The van der Waals surface area contributed by atoms with Crippen LogP contribution in [0.3, 0.4) is 0 Å². The van der Waals surface area contributed by atoms with Crippen molar-refractivity contribution < 1.29 is 9.90 Å². The quantitative estimate of drug-likeness (QED) is 0.733. The molecule has 0 saturated heterocycles. The first-order valence-corrected chi connectivity index (χ1v) is 5.99. The molecule has 0 aromatic carbocycles. The second kappa shape index (κ2) is 5.27. The van der Waals surface area contributed by atoms with Gasteiger partial charge in [-0.05, 0) is 26.2 Å². The molecule has 0 radical (unpaired) electrons. The lowest BCUT2D eigenvalue weighted by Crippen LogP contribution is -2.35. The number of carbonyl (C=O) groups is 1. The molecule has 94 valence electrons. The minimum atomic E-state index is -0.0989. The minimum absolute atomic E-state index is 0.0149. The van der Waals surface area contributed by atoms with Gasteiger partial charge in [-0.3, -0.25) is 4.79 Å². The highest BCUT2D eigenvalue weighted by Crippen LogP contribution is 2.38. The summed E-state index contributed by atoms with van der Waals surface area (Å²) in [4.78, 5) is 11.6. The second-order valence-corrected chi connectivity index (χ2v) is 4.60. The topological polar surface area (TPSA) is 80.0 Å². The molecule has 1 fully saturated rings. The average molecular weight is 238 g/mol. The van der Waals surface area contributed by atoms with Crippen LogP contribution in [0.5, 0.6) is 0 Å². The van der Waals surface area contributed by atoms with Crippen LogP contribution in [0.1, 0.15) is 37.8 Å². The Labute approximate surface area is 100 Å². The molecule has 1 saturated carbocycles. The summed E-state index contributed by atoms with van der Waals surface area (Å²) < 4.78 is 1.56. The van der Waals surface area contributed by atoms with Gasteiger partial charge in [0, 0.05) is 24.8 Å². The number of nitrogens with zero attached hydrogens (tertiary/aromatic N) is 3. The average Bonchev–Trinajstić information content (AvgIpc) is 3.01. The smallest absolute Gasteiger partial charge is 0.242 e. The molecular weight excluding hydrogens is 220 g/mol. The summed E-state index contributed by atoms with van der Waals surface area (Å²) in [5, 5.41) is 19.5. The number of nitrogens with one attached hydrogen (secondary N) is 1. The van der Waals surface area contributed by atoms with E-state index < -0.39 is 0 Å².